The minimum Gasteiger partial charge on any atom is -0.384 e. The van der Waals surface area contributed by atoms with Gasteiger partial charge in [0.1, 0.15) is 0 Å². The third-order valence-electron chi connectivity index (χ3n) is 3.05. The maximum atomic E-state index is 5.37. The lowest BCUT2D eigenvalue weighted by Crippen LogP contribution is -2.31. The third kappa shape index (κ3) is 5.61. The smallest absolute Gasteiger partial charge is 0.0553 e. The molecule has 0 unspecified atom stereocenters. The number of benzene rings is 1. The van der Waals surface area contributed by atoms with Gasteiger partial charge in [-0.3, -0.25) is 0 Å². The van der Waals surface area contributed by atoms with Gasteiger partial charge in [0.25, 0.3) is 0 Å². The summed E-state index contributed by atoms with van der Waals surface area (Å²) in [6, 6.07) is 10.0. The van der Waals surface area contributed by atoms with Gasteiger partial charge < -0.3 is 9.47 Å². The van der Waals surface area contributed by atoms with Crippen LogP contribution in [0.3, 0.4) is 0 Å². The molecule has 108 valence electrons. The van der Waals surface area contributed by atoms with Gasteiger partial charge in [-0.05, 0) is 25.5 Å². The van der Waals surface area contributed by atoms with Gasteiger partial charge >= 0.3 is 0 Å². The van der Waals surface area contributed by atoms with E-state index in [0.29, 0.717) is 13.2 Å². The van der Waals surface area contributed by atoms with Crippen molar-refractivity contribution >= 4 is 0 Å². The summed E-state index contributed by atoms with van der Waals surface area (Å²) in [6.07, 6.45) is 1.59. The van der Waals surface area contributed by atoms with Crippen LogP contribution in [0.25, 0.3) is 0 Å². The van der Waals surface area contributed by atoms with Gasteiger partial charge in [-0.25, -0.2) is 0 Å². The Labute approximate surface area is 122 Å². The molecule has 1 rings (SSSR count). The zero-order chi connectivity index (χ0) is 14.8. The molecule has 0 bridgehead atoms. The number of methoxy groups -OCH3 is 2. The summed E-state index contributed by atoms with van der Waals surface area (Å²) >= 11 is 0. The summed E-state index contributed by atoms with van der Waals surface area (Å²) < 4.78 is 10.7. The topological polar surface area (TPSA) is 18.5 Å². The molecule has 0 saturated carbocycles. The molecule has 2 nitrogen and oxygen atoms in total. The second-order valence-electron chi connectivity index (χ2n) is 5.34. The van der Waals surface area contributed by atoms with E-state index in [2.05, 4.69) is 18.4 Å². The largest absolute Gasteiger partial charge is 0.384 e. The van der Waals surface area contributed by atoms with Crippen molar-refractivity contribution in [2.45, 2.75) is 19.8 Å². The normalized spacial score (nSPS) is 10.8. The van der Waals surface area contributed by atoms with Gasteiger partial charge in [-0.2, -0.15) is 0 Å². The maximum absolute atomic E-state index is 5.37. The summed E-state index contributed by atoms with van der Waals surface area (Å²) in [5.74, 6) is 6.47. The van der Waals surface area contributed by atoms with Crippen molar-refractivity contribution < 1.29 is 9.47 Å². The summed E-state index contributed by atoms with van der Waals surface area (Å²) in [6.45, 7) is 7.29. The predicted octanol–water partition coefficient (Wildman–Crippen LogP) is 3.67. The standard InChI is InChI=1S/C18H24O2/c1-16(2)13-18(14-19-3,15-20-4)12-8-11-17-9-6-5-7-10-17/h5-7,9-10H,1,12-15H2,2-4H3. The molecule has 0 aliphatic heterocycles. The number of ether oxygens (including phenoxy) is 2. The Hall–Kier alpha value is -1.56. The fraction of sp³-hybridized carbons (Fsp3) is 0.444. The fourth-order valence-electron chi connectivity index (χ4n) is 2.42. The molecule has 0 heterocycles. The summed E-state index contributed by atoms with van der Waals surface area (Å²) in [7, 11) is 3.43. The van der Waals surface area contributed by atoms with Crippen molar-refractivity contribution in [1.82, 2.24) is 0 Å². The zero-order valence-corrected chi connectivity index (χ0v) is 12.7. The highest BCUT2D eigenvalue weighted by Gasteiger charge is 2.29. The number of rotatable bonds is 7. The molecule has 0 spiro atoms. The lowest BCUT2D eigenvalue weighted by molar-refractivity contribution is 0.0134. The quantitative estimate of drug-likeness (QED) is 0.557. The van der Waals surface area contributed by atoms with Crippen LogP contribution in [0.15, 0.2) is 42.5 Å². The molecule has 0 aliphatic rings. The molecular weight excluding hydrogens is 248 g/mol. The van der Waals surface area contributed by atoms with Crippen LogP contribution in [0, 0.1) is 17.3 Å². The van der Waals surface area contributed by atoms with Gasteiger partial charge in [0.05, 0.1) is 13.2 Å². The van der Waals surface area contributed by atoms with Gasteiger partial charge in [0, 0.05) is 31.6 Å². The molecule has 20 heavy (non-hydrogen) atoms. The molecule has 0 N–H and O–H groups in total. The zero-order valence-electron chi connectivity index (χ0n) is 12.7. The predicted molar refractivity (Wildman–Crippen MR) is 83.6 cm³/mol. The first-order valence-corrected chi connectivity index (χ1v) is 6.78. The Bertz CT molecular complexity index is 459. The van der Waals surface area contributed by atoms with Crippen LogP contribution in [-0.2, 0) is 9.47 Å². The average molecular weight is 272 g/mol. The lowest BCUT2D eigenvalue weighted by Gasteiger charge is -2.30. The van der Waals surface area contributed by atoms with Crippen molar-refractivity contribution in [2.24, 2.45) is 5.41 Å². The van der Waals surface area contributed by atoms with Gasteiger partial charge in [-0.1, -0.05) is 35.6 Å². The molecule has 0 radical (unpaired) electrons. The Morgan fingerprint density at radius 2 is 1.75 bits per heavy atom. The molecule has 0 amide bonds. The first-order chi connectivity index (χ1) is 9.62. The van der Waals surface area contributed by atoms with Crippen LogP contribution in [0.5, 0.6) is 0 Å². The molecule has 0 atom stereocenters. The highest BCUT2D eigenvalue weighted by Crippen LogP contribution is 2.30. The van der Waals surface area contributed by atoms with Crippen LogP contribution in [0.1, 0.15) is 25.3 Å². The van der Waals surface area contributed by atoms with E-state index in [1.165, 1.54) is 0 Å². The number of hydrogen-bond donors (Lipinski definition) is 0. The van der Waals surface area contributed by atoms with E-state index in [0.717, 1.165) is 24.0 Å². The first kappa shape index (κ1) is 16.5. The lowest BCUT2D eigenvalue weighted by atomic mass is 9.80. The minimum atomic E-state index is -0.114. The van der Waals surface area contributed by atoms with Crippen LogP contribution >= 0.6 is 0 Å². The van der Waals surface area contributed by atoms with Crippen LogP contribution in [0.4, 0.5) is 0 Å². The van der Waals surface area contributed by atoms with Crippen LogP contribution in [-0.4, -0.2) is 27.4 Å². The molecule has 0 aromatic heterocycles. The van der Waals surface area contributed by atoms with E-state index in [1.54, 1.807) is 14.2 Å². The summed E-state index contributed by atoms with van der Waals surface area (Å²) in [5, 5.41) is 0. The monoisotopic (exact) mass is 272 g/mol. The van der Waals surface area contributed by atoms with Crippen molar-refractivity contribution in [3.8, 4) is 11.8 Å². The van der Waals surface area contributed by atoms with Crippen molar-refractivity contribution in [3.63, 3.8) is 0 Å². The SMILES string of the molecule is C=C(C)CC(CC#Cc1ccccc1)(COC)COC. The average Bonchev–Trinajstić information content (AvgIpc) is 2.39. The Kier molecular flexibility index (Phi) is 7.08. The van der Waals surface area contributed by atoms with Gasteiger partial charge in [0.15, 0.2) is 0 Å². The van der Waals surface area contributed by atoms with Crippen LogP contribution in [0.2, 0.25) is 0 Å². The molecule has 2 heteroatoms. The van der Waals surface area contributed by atoms with E-state index in [1.807, 2.05) is 37.3 Å². The minimum absolute atomic E-state index is 0.114. The highest BCUT2D eigenvalue weighted by molar-refractivity contribution is 5.33. The number of allylic oxidation sites excluding steroid dienone is 1. The first-order valence-electron chi connectivity index (χ1n) is 6.78. The van der Waals surface area contributed by atoms with E-state index < -0.39 is 0 Å². The highest BCUT2D eigenvalue weighted by atomic mass is 16.5. The fourth-order valence-corrected chi connectivity index (χ4v) is 2.42. The molecule has 1 aromatic rings. The molecule has 0 saturated heterocycles. The van der Waals surface area contributed by atoms with Crippen molar-refractivity contribution in [2.75, 3.05) is 27.4 Å². The maximum Gasteiger partial charge on any atom is 0.0553 e. The number of hydrogen-bond acceptors (Lipinski definition) is 2. The summed E-state index contributed by atoms with van der Waals surface area (Å²) in [4.78, 5) is 0. The molecule has 1 aromatic carbocycles. The Morgan fingerprint density at radius 1 is 1.15 bits per heavy atom. The Morgan fingerprint density at radius 3 is 2.25 bits per heavy atom. The van der Waals surface area contributed by atoms with Gasteiger partial charge in [0.2, 0.25) is 0 Å². The van der Waals surface area contributed by atoms with E-state index in [9.17, 15) is 0 Å². The van der Waals surface area contributed by atoms with Crippen LogP contribution < -0.4 is 0 Å². The molecule has 0 fully saturated rings. The van der Waals surface area contributed by atoms with Gasteiger partial charge in [-0.15, -0.1) is 6.58 Å². The second-order valence-corrected chi connectivity index (χ2v) is 5.34. The molecule has 0 aliphatic carbocycles. The van der Waals surface area contributed by atoms with E-state index in [-0.39, 0.29) is 5.41 Å². The Balaban J connectivity index is 2.83. The van der Waals surface area contributed by atoms with E-state index in [4.69, 9.17) is 9.47 Å². The molecular formula is C18H24O2. The summed E-state index contributed by atoms with van der Waals surface area (Å²) in [5.41, 5.74) is 2.05. The van der Waals surface area contributed by atoms with Crippen molar-refractivity contribution in [1.29, 1.82) is 0 Å². The second kappa shape index (κ2) is 8.58. The van der Waals surface area contributed by atoms with Crippen molar-refractivity contribution in [3.05, 3.63) is 48.0 Å². The van der Waals surface area contributed by atoms with E-state index >= 15 is 0 Å². The third-order valence-corrected chi connectivity index (χ3v) is 3.05.